The largest absolute Gasteiger partial charge is 0.368 e. The van der Waals surface area contributed by atoms with Gasteiger partial charge in [0.2, 0.25) is 0 Å². The summed E-state index contributed by atoms with van der Waals surface area (Å²) in [5.41, 5.74) is 2.45. The van der Waals surface area contributed by atoms with Gasteiger partial charge in [0.05, 0.1) is 6.61 Å². The molecule has 1 aliphatic heterocycles. The number of rotatable bonds is 1. The number of nitrogens with zero attached hydrogens (tertiary/aromatic N) is 1. The quantitative estimate of drug-likeness (QED) is 0.658. The van der Waals surface area contributed by atoms with Crippen molar-refractivity contribution >= 4 is 22.5 Å². The molecule has 72 valence electrons. The van der Waals surface area contributed by atoms with E-state index in [1.54, 1.807) is 0 Å². The van der Waals surface area contributed by atoms with Crippen LogP contribution in [0.5, 0.6) is 0 Å². The van der Waals surface area contributed by atoms with E-state index in [0.29, 0.717) is 6.10 Å². The first-order valence-electron chi connectivity index (χ1n) is 4.62. The summed E-state index contributed by atoms with van der Waals surface area (Å²) in [5.74, 6) is 0. The highest BCUT2D eigenvalue weighted by Crippen LogP contribution is 2.36. The molecule has 0 aliphatic carbocycles. The van der Waals surface area contributed by atoms with Crippen molar-refractivity contribution in [1.29, 1.82) is 0 Å². The molecule has 14 heavy (non-hydrogen) atoms. The number of aryl methyl sites for hydroxylation is 1. The van der Waals surface area contributed by atoms with E-state index >= 15 is 0 Å². The van der Waals surface area contributed by atoms with Gasteiger partial charge < -0.3 is 9.30 Å². The predicted molar refractivity (Wildman–Crippen MR) is 56.6 cm³/mol. The Morgan fingerprint density at radius 2 is 2.29 bits per heavy atom. The zero-order chi connectivity index (χ0) is 9.71. The Labute approximate surface area is 87.0 Å². The Morgan fingerprint density at radius 1 is 1.50 bits per heavy atom. The molecule has 1 aromatic heterocycles. The average Bonchev–Trinajstić information content (AvgIpc) is 2.94. The molecule has 1 atom stereocenters. The maximum atomic E-state index is 5.95. The maximum absolute atomic E-state index is 5.95. The van der Waals surface area contributed by atoms with Crippen LogP contribution in [-0.4, -0.2) is 11.2 Å². The Hall–Kier alpha value is -0.990. The SMILES string of the molecule is Cn1cc(C2CO2)c2ccc(Cl)cc21. The molecule has 1 fully saturated rings. The molecule has 0 spiro atoms. The van der Waals surface area contributed by atoms with Crippen LogP contribution >= 0.6 is 11.6 Å². The second-order valence-corrected chi connectivity index (χ2v) is 4.12. The fraction of sp³-hybridized carbons (Fsp3) is 0.273. The lowest BCUT2D eigenvalue weighted by Crippen LogP contribution is -1.82. The Morgan fingerprint density at radius 3 is 3.00 bits per heavy atom. The number of ether oxygens (including phenoxy) is 1. The van der Waals surface area contributed by atoms with E-state index in [2.05, 4.69) is 16.8 Å². The highest BCUT2D eigenvalue weighted by atomic mass is 35.5. The Bertz CT molecular complexity index is 499. The van der Waals surface area contributed by atoms with Crippen molar-refractivity contribution in [3.8, 4) is 0 Å². The lowest BCUT2D eigenvalue weighted by Gasteiger charge is -1.96. The van der Waals surface area contributed by atoms with Crippen molar-refractivity contribution < 1.29 is 4.74 Å². The number of hydrogen-bond donors (Lipinski definition) is 0. The second kappa shape index (κ2) is 2.75. The summed E-state index contributed by atoms with van der Waals surface area (Å²) < 4.78 is 7.40. The molecule has 3 rings (SSSR count). The van der Waals surface area contributed by atoms with E-state index in [-0.39, 0.29) is 0 Å². The van der Waals surface area contributed by atoms with Crippen LogP contribution in [0.4, 0.5) is 0 Å². The summed E-state index contributed by atoms with van der Waals surface area (Å²) in [7, 11) is 2.03. The van der Waals surface area contributed by atoms with Crippen molar-refractivity contribution in [2.24, 2.45) is 7.05 Å². The van der Waals surface area contributed by atoms with Gasteiger partial charge in [-0.05, 0) is 12.1 Å². The maximum Gasteiger partial charge on any atom is 0.108 e. The van der Waals surface area contributed by atoms with Gasteiger partial charge in [-0.3, -0.25) is 0 Å². The molecule has 1 saturated heterocycles. The van der Waals surface area contributed by atoms with Gasteiger partial charge in [0, 0.05) is 34.7 Å². The zero-order valence-corrected chi connectivity index (χ0v) is 8.58. The highest BCUT2D eigenvalue weighted by Gasteiger charge is 2.28. The van der Waals surface area contributed by atoms with Crippen molar-refractivity contribution in [1.82, 2.24) is 4.57 Å². The monoisotopic (exact) mass is 207 g/mol. The minimum absolute atomic E-state index is 0.305. The lowest BCUT2D eigenvalue weighted by atomic mass is 10.1. The van der Waals surface area contributed by atoms with E-state index in [1.807, 2.05) is 19.2 Å². The average molecular weight is 208 g/mol. The first-order chi connectivity index (χ1) is 6.75. The van der Waals surface area contributed by atoms with Gasteiger partial charge in [-0.2, -0.15) is 0 Å². The summed E-state index contributed by atoms with van der Waals surface area (Å²) in [5, 5.41) is 2.03. The molecule has 2 heterocycles. The second-order valence-electron chi connectivity index (χ2n) is 3.68. The van der Waals surface area contributed by atoms with Crippen LogP contribution in [0.1, 0.15) is 11.7 Å². The highest BCUT2D eigenvalue weighted by molar-refractivity contribution is 6.31. The summed E-state index contributed by atoms with van der Waals surface area (Å²) in [6.07, 6.45) is 2.43. The van der Waals surface area contributed by atoms with E-state index in [9.17, 15) is 0 Å². The van der Waals surface area contributed by atoms with Crippen LogP contribution in [0.2, 0.25) is 5.02 Å². The minimum Gasteiger partial charge on any atom is -0.368 e. The number of halogens is 1. The van der Waals surface area contributed by atoms with Crippen LogP contribution in [0.3, 0.4) is 0 Å². The number of hydrogen-bond acceptors (Lipinski definition) is 1. The van der Waals surface area contributed by atoms with Gasteiger partial charge >= 0.3 is 0 Å². The van der Waals surface area contributed by atoms with Crippen LogP contribution in [-0.2, 0) is 11.8 Å². The van der Waals surface area contributed by atoms with Crippen molar-refractivity contribution in [3.05, 3.63) is 35.0 Å². The van der Waals surface area contributed by atoms with Crippen molar-refractivity contribution in [2.75, 3.05) is 6.61 Å². The van der Waals surface area contributed by atoms with Gasteiger partial charge in [-0.1, -0.05) is 17.7 Å². The minimum atomic E-state index is 0.305. The first kappa shape index (κ1) is 8.33. The van der Waals surface area contributed by atoms with Crippen molar-refractivity contribution in [3.63, 3.8) is 0 Å². The molecular weight excluding hydrogens is 198 g/mol. The van der Waals surface area contributed by atoms with Gasteiger partial charge in [-0.25, -0.2) is 0 Å². The third kappa shape index (κ3) is 1.15. The van der Waals surface area contributed by atoms with Gasteiger partial charge in [-0.15, -0.1) is 0 Å². The fourth-order valence-corrected chi connectivity index (χ4v) is 2.04. The van der Waals surface area contributed by atoms with E-state index < -0.39 is 0 Å². The van der Waals surface area contributed by atoms with Gasteiger partial charge in [0.25, 0.3) is 0 Å². The Balaban J connectivity index is 2.32. The smallest absolute Gasteiger partial charge is 0.108 e. The van der Waals surface area contributed by atoms with E-state index in [1.165, 1.54) is 16.5 Å². The molecule has 0 saturated carbocycles. The summed E-state index contributed by atoms with van der Waals surface area (Å²) in [6.45, 7) is 0.849. The fourth-order valence-electron chi connectivity index (χ4n) is 1.87. The van der Waals surface area contributed by atoms with Gasteiger partial charge in [0.1, 0.15) is 6.10 Å². The number of fused-ring (bicyclic) bond motifs is 1. The normalized spacial score (nSPS) is 20.3. The van der Waals surface area contributed by atoms with Crippen LogP contribution in [0.15, 0.2) is 24.4 Å². The molecule has 0 amide bonds. The van der Waals surface area contributed by atoms with Gasteiger partial charge in [0.15, 0.2) is 0 Å². The molecule has 2 aromatic rings. The number of aromatic nitrogens is 1. The summed E-state index contributed by atoms with van der Waals surface area (Å²) >= 11 is 5.95. The van der Waals surface area contributed by atoms with Crippen molar-refractivity contribution in [2.45, 2.75) is 6.10 Å². The molecule has 0 bridgehead atoms. The molecular formula is C11H10ClNO. The molecule has 0 radical (unpaired) electrons. The van der Waals surface area contributed by atoms with Crippen LogP contribution < -0.4 is 0 Å². The molecule has 2 nitrogen and oxygen atoms in total. The topological polar surface area (TPSA) is 17.5 Å². The lowest BCUT2D eigenvalue weighted by molar-refractivity contribution is 0.416. The number of epoxide rings is 1. The zero-order valence-electron chi connectivity index (χ0n) is 7.83. The standard InChI is InChI=1S/C11H10ClNO/c1-13-5-9(11-6-14-11)8-3-2-7(12)4-10(8)13/h2-5,11H,6H2,1H3. The molecule has 1 unspecified atom stereocenters. The van der Waals surface area contributed by atoms with E-state index in [4.69, 9.17) is 16.3 Å². The van der Waals surface area contributed by atoms with Crippen LogP contribution in [0.25, 0.3) is 10.9 Å². The first-order valence-corrected chi connectivity index (χ1v) is 4.99. The molecule has 1 aliphatic rings. The van der Waals surface area contributed by atoms with Crippen LogP contribution in [0, 0.1) is 0 Å². The third-order valence-electron chi connectivity index (χ3n) is 2.66. The predicted octanol–water partition coefficient (Wildman–Crippen LogP) is 2.90. The third-order valence-corrected chi connectivity index (χ3v) is 2.90. The number of benzene rings is 1. The van der Waals surface area contributed by atoms with E-state index in [0.717, 1.165) is 11.6 Å². The molecule has 1 aromatic carbocycles. The molecule has 0 N–H and O–H groups in total. The Kier molecular flexibility index (Phi) is 1.64. The summed E-state index contributed by atoms with van der Waals surface area (Å²) in [4.78, 5) is 0. The summed E-state index contributed by atoms with van der Waals surface area (Å²) in [6, 6.07) is 5.98. The molecule has 3 heteroatoms.